The second-order valence-electron chi connectivity index (χ2n) is 25.4. The Balaban J connectivity index is 0.000000194. The van der Waals surface area contributed by atoms with E-state index in [1.54, 1.807) is 108 Å². The average Bonchev–Trinajstić information content (AvgIpc) is 1.50. The summed E-state index contributed by atoms with van der Waals surface area (Å²) in [5, 5.41) is 24.9. The normalized spacial score (nSPS) is 13.2. The lowest BCUT2D eigenvalue weighted by Gasteiger charge is -2.27. The first kappa shape index (κ1) is 86.9. The molecule has 9 aromatic rings. The summed E-state index contributed by atoms with van der Waals surface area (Å²) in [5.74, 6) is -2.16. The molecule has 19 heteroatoms. The Morgan fingerprint density at radius 2 is 0.638 bits per heavy atom. The average molecular weight is 1550 g/mol. The molecule has 2 heterocycles. The lowest BCUT2D eigenvalue weighted by molar-refractivity contribution is -0.132. The molecule has 0 radical (unpaired) electrons. The van der Waals surface area contributed by atoms with E-state index in [4.69, 9.17) is 14.6 Å². The van der Waals surface area contributed by atoms with E-state index in [1.165, 1.54) is 30.4 Å². The molecule has 0 saturated carbocycles. The number of likely N-dealkylation sites (tertiary alicyclic amines) is 1. The maximum absolute atomic E-state index is 12.9. The molecule has 0 atom stereocenters. The van der Waals surface area contributed by atoms with Gasteiger partial charge in [-0.25, -0.2) is 0 Å². The minimum Gasteiger partial charge on any atom is -0.497 e. The summed E-state index contributed by atoms with van der Waals surface area (Å²) >= 11 is 0. The first-order valence-electron chi connectivity index (χ1n) is 37.7. The van der Waals surface area contributed by atoms with E-state index >= 15 is 0 Å². The number of ether oxygens (including phenoxy) is 2. The highest BCUT2D eigenvalue weighted by Crippen LogP contribution is 2.19. The highest BCUT2D eigenvalue weighted by atomic mass is 16.5. The number of methoxy groups -OCH3 is 1. The van der Waals surface area contributed by atoms with Gasteiger partial charge in [0.25, 0.3) is 23.6 Å². The Morgan fingerprint density at radius 3 is 0.948 bits per heavy atom. The Morgan fingerprint density at radius 1 is 0.353 bits per heavy atom. The topological polar surface area (TPSA) is 254 Å². The van der Waals surface area contributed by atoms with Crippen molar-refractivity contribution >= 4 is 102 Å². The molecule has 588 valence electrons. The lowest BCUT2D eigenvalue weighted by atomic mass is 10.2. The first-order chi connectivity index (χ1) is 56.8. The third kappa shape index (κ3) is 33.9. The van der Waals surface area contributed by atoms with Crippen LogP contribution in [0.3, 0.4) is 0 Å². The molecule has 116 heavy (non-hydrogen) atoms. The monoisotopic (exact) mass is 1550 g/mol. The number of benzene rings is 9. The fourth-order valence-electron chi connectivity index (χ4n) is 10.8. The highest BCUT2D eigenvalue weighted by molar-refractivity contribution is 6.08. The number of amides is 8. The first-order valence-corrected chi connectivity index (χ1v) is 37.7. The van der Waals surface area contributed by atoms with Crippen LogP contribution in [-0.4, -0.2) is 122 Å². The molecule has 19 nitrogen and oxygen atoms in total. The third-order valence-corrected chi connectivity index (χ3v) is 16.7. The molecule has 0 aliphatic carbocycles. The van der Waals surface area contributed by atoms with Crippen molar-refractivity contribution in [2.75, 3.05) is 65.0 Å². The number of nitrogens with one attached hydrogen (secondary N) is 6. The maximum Gasteiger partial charge on any atom is 0.272 e. The number of hydrogen-bond donors (Lipinski definition) is 7. The van der Waals surface area contributed by atoms with Gasteiger partial charge in [0.2, 0.25) is 23.6 Å². The van der Waals surface area contributed by atoms with Crippen LogP contribution in [0, 0.1) is 0 Å². The Bertz CT molecular complexity index is 4990. The number of carbonyl (C=O) groups is 8. The van der Waals surface area contributed by atoms with E-state index in [9.17, 15) is 38.4 Å². The molecule has 2 saturated heterocycles. The molecule has 0 unspecified atom stereocenters. The van der Waals surface area contributed by atoms with Crippen LogP contribution in [-0.2, 0) is 43.1 Å². The lowest BCUT2D eigenvalue weighted by Crippen LogP contribution is -2.44. The molecule has 9 aromatic carbocycles. The zero-order valence-electron chi connectivity index (χ0n) is 64.4. The number of rotatable bonds is 28. The third-order valence-electron chi connectivity index (χ3n) is 16.7. The molecule has 2 aliphatic heterocycles. The summed E-state index contributed by atoms with van der Waals surface area (Å²) in [6.45, 7) is 3.40. The van der Waals surface area contributed by atoms with Gasteiger partial charge < -0.3 is 56.3 Å². The van der Waals surface area contributed by atoms with Gasteiger partial charge >= 0.3 is 0 Å². The number of nitrogens with zero attached hydrogens (tertiary/aromatic N) is 2. The number of carbonyl (C=O) groups excluding carboxylic acids is 8. The quantitative estimate of drug-likeness (QED) is 0.0179. The van der Waals surface area contributed by atoms with Gasteiger partial charge in [-0.05, 0) is 118 Å². The van der Waals surface area contributed by atoms with Crippen LogP contribution in [0.1, 0.15) is 57.3 Å². The van der Waals surface area contributed by atoms with Crippen LogP contribution in [0.4, 0.5) is 5.69 Å². The van der Waals surface area contributed by atoms with Gasteiger partial charge in [0.05, 0.1) is 26.9 Å². The minimum absolute atomic E-state index is 0.0957. The molecule has 2 fully saturated rings. The van der Waals surface area contributed by atoms with Crippen molar-refractivity contribution in [2.45, 2.75) is 12.8 Å². The van der Waals surface area contributed by atoms with Crippen LogP contribution in [0.5, 0.6) is 5.75 Å². The number of anilines is 1. The minimum atomic E-state index is -0.469. The standard InChI is InChI=1S/C27H24N2O3.C24H24N2O3.C24H24N2O2.C22H22N2O3/c1-32-24-16-9-15-23(20-24)28-27(31)25(17-8-14-21-10-4-2-5-11-21)29-26(30)19-18-22-12-6-3-7-13-22;27-23(15-14-21-10-5-2-6-11-21)25-22(24(28)26-16-18-29-19-17-26)13-7-12-20-8-3-1-4-9-20;27-23(17-16-21-12-5-2-6-13-21)25-22(24(28)26-18-7-8-19-26)15-9-14-20-10-3-1-4-11-20;25-17-16-23-22(27)20(13-7-12-18-8-3-1-4-9-18)24-21(26)15-14-19-10-5-2-6-11-19/h2-20H,1H3,(H,28,31)(H,29,30);1-15H,16-19H2,(H,25,27);1-6,9-17H,7-8,18-19H2,(H,25,27);1-15,25H,16-17H2,(H,23,27)(H,24,26)/b14-8+,19-18+,25-17-;12-7+,15-14+,22-13-;14-9+,17-16+,22-15-;12-7+,15-14+,20-13-. The van der Waals surface area contributed by atoms with E-state index in [-0.39, 0.29) is 59.6 Å². The zero-order valence-corrected chi connectivity index (χ0v) is 64.4. The highest BCUT2D eigenvalue weighted by Gasteiger charge is 2.24. The largest absolute Gasteiger partial charge is 0.497 e. The molecule has 8 amide bonds. The van der Waals surface area contributed by atoms with Gasteiger partial charge in [-0.1, -0.05) is 297 Å². The van der Waals surface area contributed by atoms with Gasteiger partial charge in [0, 0.05) is 68.8 Å². The van der Waals surface area contributed by atoms with Crippen molar-refractivity contribution in [2.24, 2.45) is 0 Å². The van der Waals surface area contributed by atoms with Gasteiger partial charge in [-0.15, -0.1) is 0 Å². The van der Waals surface area contributed by atoms with Gasteiger partial charge in [0.15, 0.2) is 0 Å². The van der Waals surface area contributed by atoms with Gasteiger partial charge in [0.1, 0.15) is 28.5 Å². The number of aliphatic hydroxyl groups is 1. The molecule has 7 N–H and O–H groups in total. The van der Waals surface area contributed by atoms with Crippen LogP contribution < -0.4 is 36.6 Å². The Hall–Kier alpha value is -14.7. The Kier molecular flexibility index (Phi) is 38.2. The van der Waals surface area contributed by atoms with Crippen molar-refractivity contribution in [3.63, 3.8) is 0 Å². The van der Waals surface area contributed by atoms with Crippen molar-refractivity contribution in [3.05, 3.63) is 407 Å². The molecule has 0 spiro atoms. The van der Waals surface area contributed by atoms with Crippen molar-refractivity contribution < 1.29 is 52.9 Å². The molecule has 11 rings (SSSR count). The second kappa shape index (κ2) is 51.0. The van der Waals surface area contributed by atoms with E-state index < -0.39 is 23.6 Å². The van der Waals surface area contributed by atoms with Crippen LogP contribution in [0.2, 0.25) is 0 Å². The van der Waals surface area contributed by atoms with Gasteiger partial charge in [-0.2, -0.15) is 0 Å². The van der Waals surface area contributed by atoms with Crippen molar-refractivity contribution in [3.8, 4) is 5.75 Å². The summed E-state index contributed by atoms with van der Waals surface area (Å²) in [5.41, 5.74) is 8.89. The predicted octanol–water partition coefficient (Wildman–Crippen LogP) is 14.9. The maximum atomic E-state index is 12.9. The Labute approximate surface area is 677 Å². The van der Waals surface area contributed by atoms with Gasteiger partial charge in [-0.3, -0.25) is 38.4 Å². The number of hydrogen-bond acceptors (Lipinski definition) is 11. The zero-order chi connectivity index (χ0) is 81.8. The number of allylic oxidation sites excluding steroid dienone is 8. The molecule has 0 aromatic heterocycles. The van der Waals surface area contributed by atoms with Crippen molar-refractivity contribution in [1.82, 2.24) is 36.4 Å². The van der Waals surface area contributed by atoms with Crippen molar-refractivity contribution in [1.29, 1.82) is 0 Å². The van der Waals surface area contributed by atoms with E-state index in [1.807, 2.05) is 267 Å². The molecule has 2 aliphatic rings. The summed E-state index contributed by atoms with van der Waals surface area (Å²) in [6.07, 6.45) is 35.3. The summed E-state index contributed by atoms with van der Waals surface area (Å²) in [7, 11) is 1.56. The molecular weight excluding hydrogens is 1450 g/mol. The summed E-state index contributed by atoms with van der Waals surface area (Å²) in [4.78, 5) is 104. The molecule has 0 bridgehead atoms. The predicted molar refractivity (Wildman–Crippen MR) is 464 cm³/mol. The second-order valence-corrected chi connectivity index (χ2v) is 25.4. The molecular formula is C97H94N8O11. The SMILES string of the molecule is COc1cccc(NC(=O)/C(=C/C=C/c2ccccc2)NC(=O)/C=C/c2ccccc2)c1.O=C(/C=C/c1ccccc1)N/C(=C\C=C\c1ccccc1)C(=O)N1CCCC1.O=C(/C=C/c1ccccc1)N/C(=C\C=C\c1ccccc1)C(=O)N1CCOCC1.O=C(/C=C/c1ccccc1)N/C(=C\C=C\c1ccccc1)C(=O)NCCO. The van der Waals surface area contributed by atoms with E-state index in [0.29, 0.717) is 37.7 Å². The number of morpholine rings is 1. The van der Waals surface area contributed by atoms with Crippen LogP contribution >= 0.6 is 0 Å². The van der Waals surface area contributed by atoms with Crippen LogP contribution in [0.15, 0.2) is 363 Å². The summed E-state index contributed by atoms with van der Waals surface area (Å²) in [6, 6.07) is 83.8. The number of aliphatic hydroxyl groups excluding tert-OH is 1. The summed E-state index contributed by atoms with van der Waals surface area (Å²) < 4.78 is 10.5. The van der Waals surface area contributed by atoms with E-state index in [2.05, 4.69) is 31.9 Å². The van der Waals surface area contributed by atoms with Crippen LogP contribution in [0.25, 0.3) is 48.6 Å². The van der Waals surface area contributed by atoms with E-state index in [0.717, 1.165) is 70.4 Å². The smallest absolute Gasteiger partial charge is 0.272 e. The fourth-order valence-corrected chi connectivity index (χ4v) is 10.8. The fraction of sp³-hybridized carbons (Fsp3) is 0.113.